The zero-order chi connectivity index (χ0) is 14.4. The molecule has 2 heterocycles. The number of carbonyl (C=O) groups excluding carboxylic acids is 1. The molecule has 0 aromatic carbocycles. The highest BCUT2D eigenvalue weighted by Crippen LogP contribution is 2.20. The van der Waals surface area contributed by atoms with Crippen molar-refractivity contribution in [2.24, 2.45) is 0 Å². The molecule has 3 N–H and O–H groups in total. The van der Waals surface area contributed by atoms with Gasteiger partial charge in [-0.25, -0.2) is 9.59 Å². The molecule has 20 heavy (non-hydrogen) atoms. The number of nitrogens with zero attached hydrogens (tertiary/aromatic N) is 1. The molecule has 114 valence electrons. The minimum atomic E-state index is -1.18. The third-order valence-electron chi connectivity index (χ3n) is 4.02. The number of hydrogen-bond donors (Lipinski definition) is 3. The summed E-state index contributed by atoms with van der Waals surface area (Å²) in [6.07, 6.45) is 3.05. The van der Waals surface area contributed by atoms with E-state index >= 15 is 0 Å². The summed E-state index contributed by atoms with van der Waals surface area (Å²) in [5, 5.41) is 14.7. The number of ether oxygens (including phenoxy) is 1. The van der Waals surface area contributed by atoms with Crippen LogP contribution in [0.4, 0.5) is 4.79 Å². The molecule has 0 radical (unpaired) electrons. The molecule has 2 fully saturated rings. The molecular formula is C13H23N3O4. The summed E-state index contributed by atoms with van der Waals surface area (Å²) in [7, 11) is 0. The van der Waals surface area contributed by atoms with E-state index in [1.54, 1.807) is 0 Å². The number of carbonyl (C=O) groups is 2. The van der Waals surface area contributed by atoms with Crippen LogP contribution in [0.25, 0.3) is 0 Å². The Kier molecular flexibility index (Phi) is 5.19. The Hall–Kier alpha value is -1.34. The van der Waals surface area contributed by atoms with E-state index in [4.69, 9.17) is 4.74 Å². The average Bonchev–Trinajstić information content (AvgIpc) is 2.93. The van der Waals surface area contributed by atoms with Gasteiger partial charge in [-0.2, -0.15) is 0 Å². The van der Waals surface area contributed by atoms with Crippen LogP contribution < -0.4 is 10.6 Å². The summed E-state index contributed by atoms with van der Waals surface area (Å²) in [5.74, 6) is -0.990. The van der Waals surface area contributed by atoms with Gasteiger partial charge in [0, 0.05) is 39.1 Å². The molecular weight excluding hydrogens is 262 g/mol. The summed E-state index contributed by atoms with van der Waals surface area (Å²) < 4.78 is 5.16. The number of urea groups is 1. The Labute approximate surface area is 118 Å². The minimum absolute atomic E-state index is 0.307. The van der Waals surface area contributed by atoms with E-state index in [1.807, 2.05) is 0 Å². The van der Waals surface area contributed by atoms with Crippen LogP contribution in [0.3, 0.4) is 0 Å². The Morgan fingerprint density at radius 2 is 1.85 bits per heavy atom. The molecule has 7 heteroatoms. The van der Waals surface area contributed by atoms with Crippen molar-refractivity contribution in [2.45, 2.75) is 31.2 Å². The highest BCUT2D eigenvalue weighted by atomic mass is 16.5. The maximum absolute atomic E-state index is 11.8. The van der Waals surface area contributed by atoms with Gasteiger partial charge in [0.05, 0.1) is 0 Å². The molecule has 0 atom stereocenters. The first-order valence-corrected chi connectivity index (χ1v) is 7.22. The third kappa shape index (κ3) is 3.83. The summed E-state index contributed by atoms with van der Waals surface area (Å²) in [6, 6.07) is -0.409. The fourth-order valence-electron chi connectivity index (χ4n) is 2.71. The van der Waals surface area contributed by atoms with E-state index in [0.717, 1.165) is 19.6 Å². The van der Waals surface area contributed by atoms with Crippen LogP contribution in [-0.4, -0.2) is 66.9 Å². The van der Waals surface area contributed by atoms with Crippen molar-refractivity contribution in [3.05, 3.63) is 0 Å². The van der Waals surface area contributed by atoms with Crippen LogP contribution in [-0.2, 0) is 9.53 Å². The molecule has 7 nitrogen and oxygen atoms in total. The summed E-state index contributed by atoms with van der Waals surface area (Å²) >= 11 is 0. The lowest BCUT2D eigenvalue weighted by atomic mass is 9.90. The van der Waals surface area contributed by atoms with Crippen molar-refractivity contribution >= 4 is 12.0 Å². The standard InChI is InChI=1S/C13H23N3O4/c17-11(18)13(3-9-20-10-4-13)15-12(19)14-5-8-16-6-1-2-7-16/h1-10H2,(H,17,18)(H2,14,15,19). The molecule has 0 spiro atoms. The molecule has 0 aromatic heterocycles. The number of rotatable bonds is 5. The fraction of sp³-hybridized carbons (Fsp3) is 0.846. The fourth-order valence-corrected chi connectivity index (χ4v) is 2.71. The zero-order valence-corrected chi connectivity index (χ0v) is 11.7. The Balaban J connectivity index is 1.75. The van der Waals surface area contributed by atoms with E-state index in [2.05, 4.69) is 15.5 Å². The van der Waals surface area contributed by atoms with Gasteiger partial charge >= 0.3 is 12.0 Å². The second kappa shape index (κ2) is 6.90. The first-order valence-electron chi connectivity index (χ1n) is 7.22. The molecule has 2 saturated heterocycles. The van der Waals surface area contributed by atoms with Crippen molar-refractivity contribution in [1.29, 1.82) is 0 Å². The lowest BCUT2D eigenvalue weighted by molar-refractivity contribution is -0.148. The summed E-state index contributed by atoms with van der Waals surface area (Å²) in [6.45, 7) is 4.24. The highest BCUT2D eigenvalue weighted by molar-refractivity contribution is 5.86. The van der Waals surface area contributed by atoms with Crippen LogP contribution in [0.15, 0.2) is 0 Å². The lowest BCUT2D eigenvalue weighted by Gasteiger charge is -2.33. The van der Waals surface area contributed by atoms with Gasteiger partial charge in [-0.1, -0.05) is 0 Å². The molecule has 0 aromatic rings. The van der Waals surface area contributed by atoms with E-state index in [1.165, 1.54) is 12.8 Å². The SMILES string of the molecule is O=C(NCCN1CCCC1)NC1(C(=O)O)CCOCC1. The van der Waals surface area contributed by atoms with E-state index < -0.39 is 17.5 Å². The number of carboxylic acids is 1. The third-order valence-corrected chi connectivity index (χ3v) is 4.02. The summed E-state index contributed by atoms with van der Waals surface area (Å²) in [4.78, 5) is 25.5. The monoisotopic (exact) mass is 285 g/mol. The minimum Gasteiger partial charge on any atom is -0.480 e. The Bertz CT molecular complexity index is 350. The van der Waals surface area contributed by atoms with Crippen LogP contribution in [0.1, 0.15) is 25.7 Å². The molecule has 2 aliphatic heterocycles. The van der Waals surface area contributed by atoms with Crippen molar-refractivity contribution in [1.82, 2.24) is 15.5 Å². The number of hydrogen-bond acceptors (Lipinski definition) is 4. The smallest absolute Gasteiger partial charge is 0.329 e. The molecule has 2 rings (SSSR count). The quantitative estimate of drug-likeness (QED) is 0.662. The Morgan fingerprint density at radius 1 is 1.20 bits per heavy atom. The second-order valence-corrected chi connectivity index (χ2v) is 5.43. The topological polar surface area (TPSA) is 90.9 Å². The number of amides is 2. The van der Waals surface area contributed by atoms with Gasteiger partial charge in [0.25, 0.3) is 0 Å². The number of aliphatic carboxylic acids is 1. The lowest BCUT2D eigenvalue weighted by Crippen LogP contribution is -2.60. The summed E-state index contributed by atoms with van der Waals surface area (Å²) in [5.41, 5.74) is -1.18. The number of likely N-dealkylation sites (tertiary alicyclic amines) is 1. The normalized spacial score (nSPS) is 22.4. The van der Waals surface area contributed by atoms with Gasteiger partial charge in [0.15, 0.2) is 0 Å². The van der Waals surface area contributed by atoms with Gasteiger partial charge in [-0.15, -0.1) is 0 Å². The van der Waals surface area contributed by atoms with Gasteiger partial charge in [-0.05, 0) is 25.9 Å². The van der Waals surface area contributed by atoms with Crippen LogP contribution in [0, 0.1) is 0 Å². The molecule has 2 aliphatic rings. The van der Waals surface area contributed by atoms with Crippen LogP contribution in [0.2, 0.25) is 0 Å². The molecule has 0 aliphatic carbocycles. The van der Waals surface area contributed by atoms with E-state index in [0.29, 0.717) is 32.6 Å². The zero-order valence-electron chi connectivity index (χ0n) is 11.7. The number of nitrogens with one attached hydrogen (secondary N) is 2. The Morgan fingerprint density at radius 3 is 2.45 bits per heavy atom. The van der Waals surface area contributed by atoms with Gasteiger partial charge < -0.3 is 25.4 Å². The average molecular weight is 285 g/mol. The first-order chi connectivity index (χ1) is 9.62. The molecule has 0 unspecified atom stereocenters. The maximum atomic E-state index is 11.8. The second-order valence-electron chi connectivity index (χ2n) is 5.43. The van der Waals surface area contributed by atoms with Crippen molar-refractivity contribution in [2.75, 3.05) is 39.4 Å². The number of carboxylic acid groups (broad SMARTS) is 1. The van der Waals surface area contributed by atoms with Gasteiger partial charge in [-0.3, -0.25) is 0 Å². The predicted octanol–water partition coefficient (Wildman–Crippen LogP) is 0.0152. The van der Waals surface area contributed by atoms with Crippen LogP contribution in [0.5, 0.6) is 0 Å². The van der Waals surface area contributed by atoms with Crippen LogP contribution >= 0.6 is 0 Å². The van der Waals surface area contributed by atoms with Gasteiger partial charge in [0.1, 0.15) is 5.54 Å². The molecule has 0 saturated carbocycles. The van der Waals surface area contributed by atoms with Crippen molar-refractivity contribution in [3.8, 4) is 0 Å². The molecule has 2 amide bonds. The largest absolute Gasteiger partial charge is 0.480 e. The highest BCUT2D eigenvalue weighted by Gasteiger charge is 2.41. The molecule has 0 bridgehead atoms. The van der Waals surface area contributed by atoms with E-state index in [-0.39, 0.29) is 0 Å². The van der Waals surface area contributed by atoms with Crippen molar-refractivity contribution < 1.29 is 19.4 Å². The maximum Gasteiger partial charge on any atom is 0.329 e. The first kappa shape index (κ1) is 15.1. The van der Waals surface area contributed by atoms with E-state index in [9.17, 15) is 14.7 Å². The predicted molar refractivity (Wildman–Crippen MR) is 72.6 cm³/mol. The van der Waals surface area contributed by atoms with Crippen molar-refractivity contribution in [3.63, 3.8) is 0 Å². The van der Waals surface area contributed by atoms with Gasteiger partial charge in [0.2, 0.25) is 0 Å².